The van der Waals surface area contributed by atoms with E-state index in [-0.39, 0.29) is 124 Å². The number of ether oxygens (including phenoxy) is 4. The fourth-order valence-corrected chi connectivity index (χ4v) is 11.2. The quantitative estimate of drug-likeness (QED) is 0.0146. The predicted molar refractivity (Wildman–Crippen MR) is 364 cm³/mol. The molecule has 0 aliphatic carbocycles. The molecule has 0 saturated carbocycles. The Hall–Kier alpha value is -5.73. The number of carbonyl (C=O) groups excluding carboxylic acids is 11. The fraction of sp³-hybridized carbons (Fsp3) is 0.698. The molecule has 94 heavy (non-hydrogen) atoms. The summed E-state index contributed by atoms with van der Waals surface area (Å²) in [5, 5.41) is 33.5. The number of halogens is 1. The number of rotatable bonds is 55. The molecule has 1 aromatic rings. The van der Waals surface area contributed by atoms with E-state index in [1.54, 1.807) is 30.3 Å². The monoisotopic (exact) mass is 1400 g/mol. The highest BCUT2D eigenvalue weighted by Gasteiger charge is 2.35. The van der Waals surface area contributed by atoms with Crippen LogP contribution in [0.15, 0.2) is 30.3 Å². The van der Waals surface area contributed by atoms with Crippen LogP contribution in [0.2, 0.25) is 0 Å². The summed E-state index contributed by atoms with van der Waals surface area (Å²) < 4.78 is 20.7. The molecule has 7 atom stereocenters. The van der Waals surface area contributed by atoms with Crippen molar-refractivity contribution in [2.45, 2.75) is 165 Å². The van der Waals surface area contributed by atoms with Gasteiger partial charge in [-0.25, -0.2) is 0 Å². The van der Waals surface area contributed by atoms with Gasteiger partial charge in [-0.2, -0.15) is 36.2 Å². The van der Waals surface area contributed by atoms with Gasteiger partial charge in [0.05, 0.1) is 63.4 Å². The average Bonchev–Trinajstić information content (AvgIpc) is 0.912. The Morgan fingerprint density at radius 2 is 1.12 bits per heavy atom. The highest BCUT2D eigenvalue weighted by molar-refractivity contribution is 8.00. The Balaban J connectivity index is 3.22. The van der Waals surface area contributed by atoms with Crippen LogP contribution in [0.5, 0.6) is 0 Å². The van der Waals surface area contributed by atoms with E-state index in [1.807, 2.05) is 41.5 Å². The third-order valence-corrected chi connectivity index (χ3v) is 17.2. The number of amides is 6. The number of thioether (sulfide) groups is 2. The number of nitrogens with one attached hydrogen (secondary N) is 7. The van der Waals surface area contributed by atoms with Gasteiger partial charge in [-0.1, -0.05) is 71.9 Å². The van der Waals surface area contributed by atoms with E-state index < -0.39 is 144 Å². The number of nitrogens with two attached hydrogens (primary N) is 3. The smallest absolute Gasteiger partial charge is 0.304 e. The number of carboxylic acids is 1. The zero-order valence-corrected chi connectivity index (χ0v) is 58.6. The molecule has 1 aromatic carbocycles. The van der Waals surface area contributed by atoms with E-state index in [0.717, 1.165) is 0 Å². The Labute approximate surface area is 571 Å². The van der Waals surface area contributed by atoms with Crippen molar-refractivity contribution in [1.82, 2.24) is 31.9 Å². The summed E-state index contributed by atoms with van der Waals surface area (Å²) in [6.45, 7) is 12.3. The van der Waals surface area contributed by atoms with Crippen LogP contribution in [0.4, 0.5) is 0 Å². The summed E-state index contributed by atoms with van der Waals surface area (Å²) in [6, 6.07) is 4.37. The Morgan fingerprint density at radius 3 is 1.65 bits per heavy atom. The van der Waals surface area contributed by atoms with Crippen molar-refractivity contribution in [3.63, 3.8) is 0 Å². The number of ketones is 5. The zero-order chi connectivity index (χ0) is 70.7. The van der Waals surface area contributed by atoms with Crippen molar-refractivity contribution in [3.8, 4) is 0 Å². The minimum atomic E-state index is -1.54. The lowest BCUT2D eigenvalue weighted by Gasteiger charge is -2.27. The molecule has 0 spiro atoms. The van der Waals surface area contributed by atoms with Gasteiger partial charge in [0.1, 0.15) is 25.1 Å². The second-order valence-corrected chi connectivity index (χ2v) is 28.7. The summed E-state index contributed by atoms with van der Waals surface area (Å²) in [5.41, 5.74) is 16.8. The predicted octanol–water partition coefficient (Wildman–Crippen LogP) is 2.36. The lowest BCUT2D eigenvalue weighted by Crippen LogP contribution is -2.53. The van der Waals surface area contributed by atoms with E-state index in [9.17, 15) is 62.6 Å². The van der Waals surface area contributed by atoms with Crippen molar-refractivity contribution < 1.29 is 81.6 Å². The van der Waals surface area contributed by atoms with Crippen LogP contribution in [-0.2, 0) is 82.9 Å². The SMILES string of the molecule is CC(C)(C)SC[C@H](NC(=O)[C@H](CC(=O)O)CC(=O)CNC(=O)[C@H](CCCNC(=N)N)CC(=O)[C@H](CSC(C)(C)C)NC(=O)[C@H](CCCCN)NC(=O)CCl)C(=O)C[C@@H](Cc1ccccc1)C(=O)N[C@@H](CS)C(=O)CCCOCCOCCOCCCC(=O)COCC(N)=O. The van der Waals surface area contributed by atoms with Crippen LogP contribution in [0.3, 0.4) is 0 Å². The van der Waals surface area contributed by atoms with Crippen LogP contribution in [0.1, 0.15) is 131 Å². The van der Waals surface area contributed by atoms with Crippen LogP contribution in [-0.4, -0.2) is 211 Å². The summed E-state index contributed by atoms with van der Waals surface area (Å²) in [4.78, 5) is 159. The number of guanidine groups is 1. The van der Waals surface area contributed by atoms with E-state index >= 15 is 0 Å². The van der Waals surface area contributed by atoms with Gasteiger partial charge < -0.3 is 73.2 Å². The maximum absolute atomic E-state index is 14.5. The molecule has 27 nitrogen and oxygen atoms in total. The highest BCUT2D eigenvalue weighted by atomic mass is 35.5. The van der Waals surface area contributed by atoms with Crippen molar-refractivity contribution >= 4 is 124 Å². The number of aliphatic carboxylic acids is 1. The first-order chi connectivity index (χ1) is 44.4. The molecule has 0 heterocycles. The third-order valence-electron chi connectivity index (χ3n) is 13.8. The molecule has 31 heteroatoms. The molecular formula is C63H103ClN10O17S3. The van der Waals surface area contributed by atoms with Gasteiger partial charge in [0.25, 0.3) is 0 Å². The van der Waals surface area contributed by atoms with Crippen molar-refractivity contribution in [2.75, 3.05) is 95.6 Å². The molecule has 0 aliphatic heterocycles. The van der Waals surface area contributed by atoms with Gasteiger partial charge in [0.2, 0.25) is 35.4 Å². The molecule has 0 fully saturated rings. The number of benzene rings is 1. The molecule has 532 valence electrons. The molecular weight excluding hydrogens is 1300 g/mol. The van der Waals surface area contributed by atoms with Gasteiger partial charge in [-0.15, -0.1) is 11.6 Å². The minimum absolute atomic E-state index is 0.0102. The van der Waals surface area contributed by atoms with Gasteiger partial charge in [0, 0.05) is 90.5 Å². The van der Waals surface area contributed by atoms with Crippen LogP contribution in [0, 0.1) is 23.2 Å². The first-order valence-corrected chi connectivity index (χ1v) is 34.7. The van der Waals surface area contributed by atoms with E-state index in [0.29, 0.717) is 51.0 Å². The van der Waals surface area contributed by atoms with Crippen molar-refractivity contribution in [2.24, 2.45) is 35.0 Å². The number of thiol groups is 1. The first kappa shape index (κ1) is 86.3. The molecule has 0 radical (unpaired) electrons. The molecule has 1 rings (SSSR count). The number of carbonyl (C=O) groups is 12. The highest BCUT2D eigenvalue weighted by Crippen LogP contribution is 2.27. The molecule has 6 amide bonds. The van der Waals surface area contributed by atoms with E-state index in [1.165, 1.54) is 23.5 Å². The molecule has 14 N–H and O–H groups in total. The Bertz CT molecular complexity index is 2560. The second-order valence-electron chi connectivity index (χ2n) is 24.4. The Kier molecular flexibility index (Phi) is 44.9. The normalized spacial score (nSPS) is 13.8. The summed E-state index contributed by atoms with van der Waals surface area (Å²) in [5.74, 6) is -12.4. The van der Waals surface area contributed by atoms with Gasteiger partial charge in [-0.05, 0) is 63.5 Å². The molecule has 0 aromatic heterocycles. The summed E-state index contributed by atoms with van der Waals surface area (Å²) in [7, 11) is 0. The van der Waals surface area contributed by atoms with E-state index in [4.69, 9.17) is 53.2 Å². The number of unbranched alkanes of at least 4 members (excludes halogenated alkanes) is 1. The standard InChI is InChI=1S/C63H103ClN10O17S3/c1-62(2,3)93-39-49(53(79)32-43(29-41-15-8-7-9-16-41)58(85)72-48(38-92)51(77)20-14-24-89-26-28-90-27-25-88-23-13-18-45(75)36-91-37-54(66)80)73-59(86)44(33-56(82)83)30-46(76)35-70-57(84)42(17-12-22-69-61(67)68)31-52(78)50(40-94-63(4,5)6)74-60(87)47(19-10-11-21-65)71-55(81)34-64/h7-9,15-16,42-44,47-50,92H,10-14,17-40,65H2,1-6H3,(H2,66,80)(H,70,84)(H,71,81)(H,72,85)(H,73,86)(H,74,87)(H,82,83)(H4,67,68,69)/t42-,43-,44+,47+,48+,49+,50+/m1/s1. The first-order valence-electron chi connectivity index (χ1n) is 31.6. The lowest BCUT2D eigenvalue weighted by atomic mass is 9.90. The van der Waals surface area contributed by atoms with Gasteiger partial charge in [0.15, 0.2) is 34.9 Å². The topological polar surface area (TPSA) is 436 Å². The van der Waals surface area contributed by atoms with Crippen LogP contribution in [0.25, 0.3) is 0 Å². The number of Topliss-reactive ketones (excluding diaryl/α,β-unsaturated/α-hetero) is 5. The second kappa shape index (κ2) is 48.9. The van der Waals surface area contributed by atoms with Crippen molar-refractivity contribution in [3.05, 3.63) is 35.9 Å². The molecule has 0 saturated heterocycles. The van der Waals surface area contributed by atoms with Crippen molar-refractivity contribution in [1.29, 1.82) is 5.41 Å². The lowest BCUT2D eigenvalue weighted by molar-refractivity contribution is -0.142. The third kappa shape index (κ3) is 42.7. The minimum Gasteiger partial charge on any atom is -0.481 e. The molecule has 0 aliphatic rings. The van der Waals surface area contributed by atoms with Gasteiger partial charge >= 0.3 is 5.97 Å². The average molecular weight is 1400 g/mol. The van der Waals surface area contributed by atoms with E-state index in [2.05, 4.69) is 44.5 Å². The van der Waals surface area contributed by atoms with Crippen LogP contribution >= 0.6 is 47.8 Å². The number of hydrogen-bond donors (Lipinski definition) is 12. The number of alkyl halides is 1. The fourth-order valence-electron chi connectivity index (χ4n) is 8.91. The maximum Gasteiger partial charge on any atom is 0.304 e. The number of carboxylic acid groups (broad SMARTS) is 1. The molecule has 0 bridgehead atoms. The summed E-state index contributed by atoms with van der Waals surface area (Å²) >= 11 is 12.8. The van der Waals surface area contributed by atoms with Crippen LogP contribution < -0.4 is 49.1 Å². The molecule has 0 unspecified atom stereocenters. The maximum atomic E-state index is 14.5. The largest absolute Gasteiger partial charge is 0.481 e. The Morgan fingerprint density at radius 1 is 0.574 bits per heavy atom. The summed E-state index contributed by atoms with van der Waals surface area (Å²) in [6.07, 6.45) is 0.296. The van der Waals surface area contributed by atoms with Gasteiger partial charge in [-0.3, -0.25) is 62.9 Å². The number of hydrogen-bond acceptors (Lipinski definition) is 21. The zero-order valence-electron chi connectivity index (χ0n) is 55.3. The number of primary amides is 1.